The van der Waals surface area contributed by atoms with Gasteiger partial charge in [0.15, 0.2) is 0 Å². The average molecular weight is 323 g/mol. The Labute approximate surface area is 115 Å². The molecule has 3 aromatic heterocycles. The molecule has 0 aliphatic rings. The van der Waals surface area contributed by atoms with Crippen molar-refractivity contribution >= 4 is 14.5 Å². The van der Waals surface area contributed by atoms with Crippen molar-refractivity contribution in [1.29, 1.82) is 0 Å². The minimum absolute atomic E-state index is 0.0847. The van der Waals surface area contributed by atoms with E-state index in [9.17, 15) is 0 Å². The molecule has 0 aliphatic carbocycles. The molecule has 19 heavy (non-hydrogen) atoms. The third-order valence-corrected chi connectivity index (χ3v) is 5.06. The zero-order valence-corrected chi connectivity index (χ0v) is 11.7. The van der Waals surface area contributed by atoms with Gasteiger partial charge in [0.05, 0.1) is 0 Å². The molecule has 0 radical (unpaired) electrons. The molecule has 0 fully saturated rings. The summed E-state index contributed by atoms with van der Waals surface area (Å²) in [4.78, 5) is 0. The SMILES string of the molecule is OCc1ccc(-c2ccc(-c3ccc(CO)o3)[se]2)o1. The maximum absolute atomic E-state index is 8.99. The van der Waals surface area contributed by atoms with Gasteiger partial charge < -0.3 is 0 Å². The van der Waals surface area contributed by atoms with Gasteiger partial charge in [-0.15, -0.1) is 0 Å². The van der Waals surface area contributed by atoms with E-state index in [1.54, 1.807) is 12.1 Å². The summed E-state index contributed by atoms with van der Waals surface area (Å²) in [5, 5.41) is 18.0. The molecule has 0 saturated heterocycles. The zero-order chi connectivity index (χ0) is 13.2. The molecule has 0 spiro atoms. The quantitative estimate of drug-likeness (QED) is 0.723. The van der Waals surface area contributed by atoms with E-state index in [1.165, 1.54) is 0 Å². The summed E-state index contributed by atoms with van der Waals surface area (Å²) in [5.41, 5.74) is 0. The van der Waals surface area contributed by atoms with Crippen molar-refractivity contribution in [3.05, 3.63) is 47.9 Å². The molecule has 0 unspecified atom stereocenters. The van der Waals surface area contributed by atoms with Crippen molar-refractivity contribution < 1.29 is 19.0 Å². The second-order valence-electron chi connectivity index (χ2n) is 4.01. The first kappa shape index (κ1) is 12.5. The summed E-state index contributed by atoms with van der Waals surface area (Å²) >= 11 is 0.106. The van der Waals surface area contributed by atoms with E-state index in [2.05, 4.69) is 0 Å². The van der Waals surface area contributed by atoms with Crippen LogP contribution in [0.25, 0.3) is 20.4 Å². The van der Waals surface area contributed by atoms with Gasteiger partial charge in [-0.25, -0.2) is 0 Å². The monoisotopic (exact) mass is 324 g/mol. The molecule has 5 heteroatoms. The normalized spacial score (nSPS) is 11.1. The Morgan fingerprint density at radius 2 is 1.21 bits per heavy atom. The van der Waals surface area contributed by atoms with E-state index < -0.39 is 0 Å². The fraction of sp³-hybridized carbons (Fsp3) is 0.143. The number of aliphatic hydroxyl groups excluding tert-OH is 2. The fourth-order valence-electron chi connectivity index (χ4n) is 1.79. The molecule has 0 amide bonds. The van der Waals surface area contributed by atoms with Crippen LogP contribution >= 0.6 is 0 Å². The van der Waals surface area contributed by atoms with Crippen LogP contribution in [0.15, 0.2) is 45.2 Å². The van der Waals surface area contributed by atoms with Crippen LogP contribution in [0.5, 0.6) is 0 Å². The average Bonchev–Trinajstić information content (AvgIpc) is 3.16. The van der Waals surface area contributed by atoms with Gasteiger partial charge in [-0.3, -0.25) is 0 Å². The van der Waals surface area contributed by atoms with E-state index in [0.29, 0.717) is 11.5 Å². The van der Waals surface area contributed by atoms with E-state index >= 15 is 0 Å². The molecule has 3 heterocycles. The molecule has 4 nitrogen and oxygen atoms in total. The number of furan rings is 2. The summed E-state index contributed by atoms with van der Waals surface area (Å²) in [6.07, 6.45) is 0. The van der Waals surface area contributed by atoms with Crippen LogP contribution in [0.2, 0.25) is 0 Å². The van der Waals surface area contributed by atoms with Gasteiger partial charge >= 0.3 is 115 Å². The van der Waals surface area contributed by atoms with Crippen molar-refractivity contribution in [3.8, 4) is 20.4 Å². The van der Waals surface area contributed by atoms with Gasteiger partial charge in [0.2, 0.25) is 0 Å². The first-order chi connectivity index (χ1) is 9.30. The summed E-state index contributed by atoms with van der Waals surface area (Å²) in [7, 11) is 0. The summed E-state index contributed by atoms with van der Waals surface area (Å²) in [6.45, 7) is -0.169. The Hall–Kier alpha value is -1.52. The van der Waals surface area contributed by atoms with E-state index in [0.717, 1.165) is 20.4 Å². The number of hydrogen-bond acceptors (Lipinski definition) is 4. The van der Waals surface area contributed by atoms with Crippen LogP contribution in [0, 0.1) is 0 Å². The number of hydrogen-bond donors (Lipinski definition) is 2. The molecule has 3 rings (SSSR count). The predicted octanol–water partition coefficient (Wildman–Crippen LogP) is 2.25. The molecule has 98 valence electrons. The van der Waals surface area contributed by atoms with E-state index in [-0.39, 0.29) is 27.7 Å². The first-order valence-electron chi connectivity index (χ1n) is 5.80. The van der Waals surface area contributed by atoms with Crippen molar-refractivity contribution in [2.75, 3.05) is 0 Å². The zero-order valence-electron chi connectivity index (χ0n) is 10.00. The van der Waals surface area contributed by atoms with Gasteiger partial charge in [-0.1, -0.05) is 0 Å². The van der Waals surface area contributed by atoms with Gasteiger partial charge in [0.1, 0.15) is 0 Å². The molecule has 2 N–H and O–H groups in total. The molecular formula is C14H12O4Se. The standard InChI is InChI=1S/C14H12O4Se/c15-7-9-1-3-11(17-9)13-5-6-14(19-13)12-4-2-10(8-16)18-12/h1-6,15-16H,7-8H2. The second-order valence-corrected chi connectivity index (χ2v) is 6.29. The van der Waals surface area contributed by atoms with Crippen LogP contribution < -0.4 is 0 Å². The second kappa shape index (κ2) is 5.23. The van der Waals surface area contributed by atoms with Crippen LogP contribution in [0.1, 0.15) is 11.5 Å². The first-order valence-corrected chi connectivity index (χ1v) is 7.51. The number of aliphatic hydroxyl groups is 2. The third-order valence-electron chi connectivity index (χ3n) is 2.73. The Kier molecular flexibility index (Phi) is 3.44. The maximum atomic E-state index is 8.99. The number of rotatable bonds is 4. The topological polar surface area (TPSA) is 66.7 Å². The Bertz CT molecular complexity index is 620. The molecule has 0 aliphatic heterocycles. The van der Waals surface area contributed by atoms with E-state index in [4.69, 9.17) is 19.0 Å². The van der Waals surface area contributed by atoms with Crippen LogP contribution in [0.3, 0.4) is 0 Å². The van der Waals surface area contributed by atoms with Gasteiger partial charge in [0.25, 0.3) is 0 Å². The predicted molar refractivity (Wildman–Crippen MR) is 70.6 cm³/mol. The van der Waals surface area contributed by atoms with Crippen LogP contribution in [-0.2, 0) is 13.2 Å². The van der Waals surface area contributed by atoms with Crippen molar-refractivity contribution in [2.45, 2.75) is 13.2 Å². The Morgan fingerprint density at radius 1 is 0.737 bits per heavy atom. The van der Waals surface area contributed by atoms with Crippen LogP contribution in [0.4, 0.5) is 0 Å². The van der Waals surface area contributed by atoms with E-state index in [1.807, 2.05) is 24.3 Å². The van der Waals surface area contributed by atoms with Gasteiger partial charge in [-0.2, -0.15) is 0 Å². The minimum atomic E-state index is -0.0847. The van der Waals surface area contributed by atoms with Gasteiger partial charge in [0, 0.05) is 0 Å². The summed E-state index contributed by atoms with van der Waals surface area (Å²) in [6, 6.07) is 11.3. The molecule has 0 aromatic carbocycles. The van der Waals surface area contributed by atoms with Crippen LogP contribution in [-0.4, -0.2) is 24.7 Å². The van der Waals surface area contributed by atoms with Crippen molar-refractivity contribution in [1.82, 2.24) is 0 Å². The fourth-order valence-corrected chi connectivity index (χ4v) is 3.74. The summed E-state index contributed by atoms with van der Waals surface area (Å²) < 4.78 is 13.3. The van der Waals surface area contributed by atoms with Crippen molar-refractivity contribution in [3.63, 3.8) is 0 Å². The molecule has 3 aromatic rings. The molecule has 0 saturated carbocycles. The third kappa shape index (κ3) is 2.46. The van der Waals surface area contributed by atoms with Gasteiger partial charge in [-0.05, 0) is 0 Å². The molecule has 0 bridgehead atoms. The van der Waals surface area contributed by atoms with Crippen molar-refractivity contribution in [2.24, 2.45) is 0 Å². The Morgan fingerprint density at radius 3 is 1.58 bits per heavy atom. The Balaban J connectivity index is 1.90. The summed E-state index contributed by atoms with van der Waals surface area (Å²) in [5.74, 6) is 2.73. The molecular weight excluding hydrogens is 311 g/mol. The molecule has 0 atom stereocenters.